The smallest absolute Gasteiger partial charge is 0.276 e. The van der Waals surface area contributed by atoms with E-state index in [0.29, 0.717) is 22.3 Å². The van der Waals surface area contributed by atoms with E-state index in [1.165, 1.54) is 0 Å². The lowest BCUT2D eigenvalue weighted by molar-refractivity contribution is -0.123. The molecule has 2 aromatic carbocycles. The van der Waals surface area contributed by atoms with E-state index in [4.69, 9.17) is 16.3 Å². The third kappa shape index (κ3) is 5.50. The van der Waals surface area contributed by atoms with Crippen LogP contribution in [-0.2, 0) is 4.79 Å². The SMILES string of the molecule is Cc1cc(OCC(=O)NNC(=O)c2ccc(C(C)C)cc2)ccc1Cl. The van der Waals surface area contributed by atoms with Crippen LogP contribution in [0.5, 0.6) is 5.75 Å². The molecule has 0 aliphatic heterocycles. The summed E-state index contributed by atoms with van der Waals surface area (Å²) in [7, 11) is 0. The number of rotatable bonds is 5. The molecule has 0 bridgehead atoms. The zero-order chi connectivity index (χ0) is 18.4. The fourth-order valence-electron chi connectivity index (χ4n) is 2.11. The van der Waals surface area contributed by atoms with Crippen LogP contribution in [0.1, 0.15) is 41.3 Å². The maximum atomic E-state index is 12.0. The molecule has 2 N–H and O–H groups in total. The molecule has 2 amide bonds. The van der Waals surface area contributed by atoms with Crippen LogP contribution >= 0.6 is 11.6 Å². The molecule has 0 saturated carbocycles. The Hall–Kier alpha value is -2.53. The van der Waals surface area contributed by atoms with Crippen molar-refractivity contribution in [2.24, 2.45) is 0 Å². The van der Waals surface area contributed by atoms with Gasteiger partial charge in [0.1, 0.15) is 5.75 Å². The highest BCUT2D eigenvalue weighted by molar-refractivity contribution is 6.31. The number of carbonyl (C=O) groups is 2. The van der Waals surface area contributed by atoms with Crippen molar-refractivity contribution in [3.63, 3.8) is 0 Å². The number of carbonyl (C=O) groups excluding carboxylic acids is 2. The Balaban J connectivity index is 1.80. The molecule has 0 saturated heterocycles. The summed E-state index contributed by atoms with van der Waals surface area (Å²) >= 11 is 5.93. The third-order valence-electron chi connectivity index (χ3n) is 3.65. The molecule has 0 aliphatic rings. The first-order valence-corrected chi connectivity index (χ1v) is 8.32. The second-order valence-electron chi connectivity index (χ2n) is 5.98. The number of nitrogens with one attached hydrogen (secondary N) is 2. The van der Waals surface area contributed by atoms with Gasteiger partial charge in [-0.25, -0.2) is 0 Å². The van der Waals surface area contributed by atoms with Crippen molar-refractivity contribution in [1.29, 1.82) is 0 Å². The summed E-state index contributed by atoms with van der Waals surface area (Å²) in [6.45, 7) is 5.79. The maximum absolute atomic E-state index is 12.0. The van der Waals surface area contributed by atoms with Gasteiger partial charge in [0.15, 0.2) is 6.61 Å². The lowest BCUT2D eigenvalue weighted by atomic mass is 10.0. The van der Waals surface area contributed by atoms with Gasteiger partial charge in [-0.3, -0.25) is 20.4 Å². The largest absolute Gasteiger partial charge is 0.484 e. The molecule has 132 valence electrons. The summed E-state index contributed by atoms with van der Waals surface area (Å²) in [6, 6.07) is 12.4. The quantitative estimate of drug-likeness (QED) is 0.800. The highest BCUT2D eigenvalue weighted by Crippen LogP contribution is 2.20. The van der Waals surface area contributed by atoms with Gasteiger partial charge in [0.25, 0.3) is 11.8 Å². The molecule has 0 aliphatic carbocycles. The van der Waals surface area contributed by atoms with Gasteiger partial charge in [-0.05, 0) is 54.3 Å². The predicted molar refractivity (Wildman–Crippen MR) is 97.8 cm³/mol. The van der Waals surface area contributed by atoms with Crippen molar-refractivity contribution >= 4 is 23.4 Å². The van der Waals surface area contributed by atoms with Crippen LogP contribution in [0.3, 0.4) is 0 Å². The first-order valence-electron chi connectivity index (χ1n) is 7.95. The molecule has 0 heterocycles. The number of hydrazine groups is 1. The molecule has 0 unspecified atom stereocenters. The van der Waals surface area contributed by atoms with Crippen molar-refractivity contribution in [1.82, 2.24) is 10.9 Å². The minimum Gasteiger partial charge on any atom is -0.484 e. The second-order valence-corrected chi connectivity index (χ2v) is 6.39. The van der Waals surface area contributed by atoms with Gasteiger partial charge in [-0.2, -0.15) is 0 Å². The van der Waals surface area contributed by atoms with E-state index in [2.05, 4.69) is 24.7 Å². The standard InChI is InChI=1S/C19H21ClN2O3/c1-12(2)14-4-6-15(7-5-14)19(24)22-21-18(23)11-25-16-8-9-17(20)13(3)10-16/h4-10,12H,11H2,1-3H3,(H,21,23)(H,22,24). The first kappa shape index (κ1) is 18.8. The molecule has 6 heteroatoms. The molecule has 25 heavy (non-hydrogen) atoms. The maximum Gasteiger partial charge on any atom is 0.276 e. The number of ether oxygens (including phenoxy) is 1. The lowest BCUT2D eigenvalue weighted by Crippen LogP contribution is -2.43. The van der Waals surface area contributed by atoms with E-state index < -0.39 is 5.91 Å². The van der Waals surface area contributed by atoms with E-state index in [1.807, 2.05) is 19.1 Å². The Bertz CT molecular complexity index is 758. The van der Waals surface area contributed by atoms with Crippen LogP contribution in [0.25, 0.3) is 0 Å². The van der Waals surface area contributed by atoms with Crippen LogP contribution in [0.15, 0.2) is 42.5 Å². The Morgan fingerprint density at radius 2 is 1.76 bits per heavy atom. The van der Waals surface area contributed by atoms with Crippen molar-refractivity contribution in [2.45, 2.75) is 26.7 Å². The third-order valence-corrected chi connectivity index (χ3v) is 4.08. The van der Waals surface area contributed by atoms with Crippen LogP contribution < -0.4 is 15.6 Å². The summed E-state index contributed by atoms with van der Waals surface area (Å²) in [5.74, 6) is 0.0869. The minimum absolute atomic E-state index is 0.215. The number of hydrogen-bond acceptors (Lipinski definition) is 3. The van der Waals surface area contributed by atoms with E-state index >= 15 is 0 Å². The van der Waals surface area contributed by atoms with E-state index in [0.717, 1.165) is 11.1 Å². The fraction of sp³-hybridized carbons (Fsp3) is 0.263. The predicted octanol–water partition coefficient (Wildman–Crippen LogP) is 3.61. The topological polar surface area (TPSA) is 67.4 Å². The monoisotopic (exact) mass is 360 g/mol. The van der Waals surface area contributed by atoms with Crippen LogP contribution in [-0.4, -0.2) is 18.4 Å². The molecule has 5 nitrogen and oxygen atoms in total. The minimum atomic E-state index is -0.459. The summed E-state index contributed by atoms with van der Waals surface area (Å²) in [5, 5.41) is 0.632. The van der Waals surface area contributed by atoms with Gasteiger partial charge in [0.05, 0.1) is 0 Å². The molecule has 2 rings (SSSR count). The Labute approximate surface area is 152 Å². The average molecular weight is 361 g/mol. The fourth-order valence-corrected chi connectivity index (χ4v) is 2.23. The van der Waals surface area contributed by atoms with Crippen molar-refractivity contribution in [3.05, 3.63) is 64.2 Å². The first-order chi connectivity index (χ1) is 11.9. The lowest BCUT2D eigenvalue weighted by Gasteiger charge is -2.10. The summed E-state index contributed by atoms with van der Waals surface area (Å²) in [6.07, 6.45) is 0. The average Bonchev–Trinajstić information content (AvgIpc) is 2.60. The summed E-state index contributed by atoms with van der Waals surface area (Å²) in [4.78, 5) is 23.8. The molecule has 0 aromatic heterocycles. The molecule has 0 fully saturated rings. The zero-order valence-electron chi connectivity index (χ0n) is 14.4. The van der Waals surface area contributed by atoms with Crippen molar-refractivity contribution in [2.75, 3.05) is 6.61 Å². The Morgan fingerprint density at radius 3 is 2.36 bits per heavy atom. The highest BCUT2D eigenvalue weighted by Gasteiger charge is 2.09. The molecular weight excluding hydrogens is 340 g/mol. The molecule has 0 spiro atoms. The van der Waals surface area contributed by atoms with Gasteiger partial charge in [0, 0.05) is 10.6 Å². The van der Waals surface area contributed by atoms with Gasteiger partial charge < -0.3 is 4.74 Å². The highest BCUT2D eigenvalue weighted by atomic mass is 35.5. The van der Waals surface area contributed by atoms with Crippen LogP contribution in [0.2, 0.25) is 5.02 Å². The van der Waals surface area contributed by atoms with E-state index in [-0.39, 0.29) is 12.5 Å². The molecular formula is C19H21ClN2O3. The number of aryl methyl sites for hydroxylation is 1. The number of amides is 2. The number of benzene rings is 2. The van der Waals surface area contributed by atoms with Gasteiger partial charge in [0.2, 0.25) is 0 Å². The second kappa shape index (κ2) is 8.53. The van der Waals surface area contributed by atoms with E-state index in [1.54, 1.807) is 30.3 Å². The Morgan fingerprint density at radius 1 is 1.08 bits per heavy atom. The van der Waals surface area contributed by atoms with Crippen LogP contribution in [0, 0.1) is 6.92 Å². The molecule has 0 radical (unpaired) electrons. The molecule has 2 aromatic rings. The molecule has 0 atom stereocenters. The van der Waals surface area contributed by atoms with Crippen molar-refractivity contribution in [3.8, 4) is 5.75 Å². The number of hydrogen-bond donors (Lipinski definition) is 2. The normalized spacial score (nSPS) is 10.4. The van der Waals surface area contributed by atoms with Gasteiger partial charge in [-0.1, -0.05) is 37.6 Å². The van der Waals surface area contributed by atoms with E-state index in [9.17, 15) is 9.59 Å². The summed E-state index contributed by atoms with van der Waals surface area (Å²) < 4.78 is 5.36. The van der Waals surface area contributed by atoms with Gasteiger partial charge >= 0.3 is 0 Å². The zero-order valence-corrected chi connectivity index (χ0v) is 15.2. The van der Waals surface area contributed by atoms with Crippen LogP contribution in [0.4, 0.5) is 0 Å². The summed E-state index contributed by atoms with van der Waals surface area (Å²) in [5.41, 5.74) is 7.17. The number of halogens is 1. The van der Waals surface area contributed by atoms with Crippen molar-refractivity contribution < 1.29 is 14.3 Å². The van der Waals surface area contributed by atoms with Gasteiger partial charge in [-0.15, -0.1) is 0 Å². The Kier molecular flexibility index (Phi) is 6.42.